The molecule has 1 atom stereocenters. The number of morpholine rings is 1. The van der Waals surface area contributed by atoms with E-state index >= 15 is 0 Å². The first-order chi connectivity index (χ1) is 14.3. The van der Waals surface area contributed by atoms with Gasteiger partial charge in [-0.2, -0.15) is 11.3 Å². The van der Waals surface area contributed by atoms with E-state index in [1.807, 2.05) is 12.4 Å². The monoisotopic (exact) mass is 423 g/mol. The van der Waals surface area contributed by atoms with Crippen molar-refractivity contribution in [1.82, 2.24) is 14.9 Å². The zero-order valence-corrected chi connectivity index (χ0v) is 17.5. The Bertz CT molecular complexity index is 1100. The Hall–Kier alpha value is -2.18. The van der Waals surface area contributed by atoms with Crippen LogP contribution in [0.5, 0.6) is 0 Å². The summed E-state index contributed by atoms with van der Waals surface area (Å²) in [5, 5.41) is 5.48. The largest absolute Gasteiger partial charge is 0.379 e. The van der Waals surface area contributed by atoms with Crippen molar-refractivity contribution in [3.63, 3.8) is 0 Å². The predicted octanol–water partition coefficient (Wildman–Crippen LogP) is 5.40. The smallest absolute Gasteiger partial charge is 0.0892 e. The molecule has 0 bridgehead atoms. The lowest BCUT2D eigenvalue weighted by Gasteiger charge is -2.31. The maximum atomic E-state index is 6.80. The summed E-state index contributed by atoms with van der Waals surface area (Å²) in [6, 6.07) is 10.8. The molecule has 0 radical (unpaired) electrons. The third kappa shape index (κ3) is 3.83. The molecule has 0 amide bonds. The number of nitrogens with one attached hydrogen (secondary N) is 1. The first-order valence-corrected chi connectivity index (χ1v) is 11.2. The highest BCUT2D eigenvalue weighted by Gasteiger charge is 2.21. The standard InChI is InChI=1S/C23H22ClN3OS/c24-22(27-5-7-28-8-6-27)11-16-2-1-3-21-23(16)20(14-26-21)19-10-18(12-25-13-19)17-4-9-29-15-17/h1-4,9-10,12-15,22,26H,5-8,11H2. The highest BCUT2D eigenvalue weighted by molar-refractivity contribution is 7.08. The van der Waals surface area contributed by atoms with Gasteiger partial charge >= 0.3 is 0 Å². The van der Waals surface area contributed by atoms with Crippen LogP contribution in [0.25, 0.3) is 33.2 Å². The Morgan fingerprint density at radius 2 is 2.00 bits per heavy atom. The van der Waals surface area contributed by atoms with E-state index in [1.165, 1.54) is 22.1 Å². The fourth-order valence-corrected chi connectivity index (χ4v) is 5.03. The number of H-pyrrole nitrogens is 1. The second kappa shape index (κ2) is 8.28. The normalized spacial score (nSPS) is 16.3. The van der Waals surface area contributed by atoms with Crippen LogP contribution in [0.4, 0.5) is 0 Å². The molecule has 6 heteroatoms. The molecule has 1 unspecified atom stereocenters. The number of fused-ring (bicyclic) bond motifs is 1. The molecule has 0 spiro atoms. The molecule has 0 aliphatic carbocycles. The van der Waals surface area contributed by atoms with E-state index in [0.29, 0.717) is 0 Å². The van der Waals surface area contributed by atoms with E-state index in [1.54, 1.807) is 11.3 Å². The number of ether oxygens (including phenoxy) is 1. The van der Waals surface area contributed by atoms with E-state index in [-0.39, 0.29) is 5.50 Å². The van der Waals surface area contributed by atoms with Gasteiger partial charge in [-0.3, -0.25) is 9.88 Å². The number of nitrogens with zero attached hydrogens (tertiary/aromatic N) is 2. The van der Waals surface area contributed by atoms with Gasteiger partial charge in [-0.1, -0.05) is 12.1 Å². The Kier molecular flexibility index (Phi) is 5.38. The molecule has 1 aliphatic heterocycles. The maximum absolute atomic E-state index is 6.80. The lowest BCUT2D eigenvalue weighted by molar-refractivity contribution is 0.0314. The van der Waals surface area contributed by atoms with Gasteiger partial charge in [0, 0.05) is 65.7 Å². The number of hydrogen-bond donors (Lipinski definition) is 1. The minimum atomic E-state index is -0.0393. The van der Waals surface area contributed by atoms with Crippen molar-refractivity contribution in [2.45, 2.75) is 11.9 Å². The second-order valence-electron chi connectivity index (χ2n) is 7.30. The van der Waals surface area contributed by atoms with Crippen LogP contribution in [-0.4, -0.2) is 46.7 Å². The molecule has 29 heavy (non-hydrogen) atoms. The predicted molar refractivity (Wildman–Crippen MR) is 121 cm³/mol. The van der Waals surface area contributed by atoms with Crippen molar-refractivity contribution >= 4 is 33.8 Å². The van der Waals surface area contributed by atoms with Crippen molar-refractivity contribution in [2.24, 2.45) is 0 Å². The first-order valence-electron chi connectivity index (χ1n) is 9.82. The van der Waals surface area contributed by atoms with E-state index in [4.69, 9.17) is 16.3 Å². The zero-order valence-electron chi connectivity index (χ0n) is 16.0. The SMILES string of the molecule is ClC(Cc1cccc2[nH]cc(-c3cncc(-c4ccsc4)c3)c12)N1CCOCC1. The third-order valence-electron chi connectivity index (χ3n) is 5.53. The summed E-state index contributed by atoms with van der Waals surface area (Å²) < 4.78 is 5.47. The van der Waals surface area contributed by atoms with Crippen molar-refractivity contribution in [3.8, 4) is 22.3 Å². The summed E-state index contributed by atoms with van der Waals surface area (Å²) in [6.45, 7) is 3.28. The summed E-state index contributed by atoms with van der Waals surface area (Å²) in [5.74, 6) is 0. The molecule has 1 aliphatic rings. The number of hydrogen-bond acceptors (Lipinski definition) is 4. The van der Waals surface area contributed by atoms with E-state index < -0.39 is 0 Å². The van der Waals surface area contributed by atoms with E-state index in [0.717, 1.165) is 49.4 Å². The molecule has 5 rings (SSSR count). The van der Waals surface area contributed by atoms with Gasteiger partial charge in [0.25, 0.3) is 0 Å². The number of aromatic amines is 1. The quantitative estimate of drug-likeness (QED) is 0.345. The molecule has 0 saturated carbocycles. The minimum Gasteiger partial charge on any atom is -0.379 e. The van der Waals surface area contributed by atoms with Crippen molar-refractivity contribution in [2.75, 3.05) is 26.3 Å². The van der Waals surface area contributed by atoms with Gasteiger partial charge < -0.3 is 9.72 Å². The number of benzene rings is 1. The van der Waals surface area contributed by atoms with Gasteiger partial charge in [0.15, 0.2) is 0 Å². The second-order valence-corrected chi connectivity index (χ2v) is 8.59. The van der Waals surface area contributed by atoms with Crippen LogP contribution in [-0.2, 0) is 11.2 Å². The van der Waals surface area contributed by atoms with Crippen molar-refractivity contribution < 1.29 is 4.74 Å². The Morgan fingerprint density at radius 3 is 2.83 bits per heavy atom. The molecule has 3 aromatic heterocycles. The summed E-state index contributed by atoms with van der Waals surface area (Å²) >= 11 is 8.50. The molecular formula is C23H22ClN3OS. The topological polar surface area (TPSA) is 41.2 Å². The van der Waals surface area contributed by atoms with Crippen LogP contribution >= 0.6 is 22.9 Å². The summed E-state index contributed by atoms with van der Waals surface area (Å²) in [7, 11) is 0. The number of pyridine rings is 1. The molecule has 4 nitrogen and oxygen atoms in total. The summed E-state index contributed by atoms with van der Waals surface area (Å²) in [6.07, 6.45) is 6.74. The van der Waals surface area contributed by atoms with E-state index in [2.05, 4.69) is 62.2 Å². The minimum absolute atomic E-state index is 0.0393. The van der Waals surface area contributed by atoms with Crippen LogP contribution in [0.2, 0.25) is 0 Å². The Labute approximate surface area is 179 Å². The molecule has 4 aromatic rings. The van der Waals surface area contributed by atoms with Gasteiger partial charge in [0.05, 0.1) is 18.7 Å². The highest BCUT2D eigenvalue weighted by atomic mass is 35.5. The lowest BCUT2D eigenvalue weighted by Crippen LogP contribution is -2.41. The van der Waals surface area contributed by atoms with Crippen LogP contribution in [0, 0.1) is 0 Å². The Balaban J connectivity index is 1.52. The number of alkyl halides is 1. The van der Waals surface area contributed by atoms with Crippen LogP contribution in [0.3, 0.4) is 0 Å². The summed E-state index contributed by atoms with van der Waals surface area (Å²) in [5.41, 5.74) is 6.98. The van der Waals surface area contributed by atoms with Crippen molar-refractivity contribution in [1.29, 1.82) is 0 Å². The van der Waals surface area contributed by atoms with Gasteiger partial charge in [0.1, 0.15) is 0 Å². The van der Waals surface area contributed by atoms with Crippen LogP contribution < -0.4 is 0 Å². The Morgan fingerprint density at radius 1 is 1.14 bits per heavy atom. The molecule has 1 fully saturated rings. The van der Waals surface area contributed by atoms with Gasteiger partial charge in [-0.05, 0) is 40.1 Å². The lowest BCUT2D eigenvalue weighted by atomic mass is 9.98. The molecule has 1 N–H and O–H groups in total. The van der Waals surface area contributed by atoms with Crippen LogP contribution in [0.15, 0.2) is 59.7 Å². The molecule has 1 aromatic carbocycles. The number of rotatable bonds is 5. The van der Waals surface area contributed by atoms with Crippen LogP contribution in [0.1, 0.15) is 5.56 Å². The molecule has 1 saturated heterocycles. The first kappa shape index (κ1) is 18.8. The van der Waals surface area contributed by atoms with Gasteiger partial charge in [-0.15, -0.1) is 11.6 Å². The average molecular weight is 424 g/mol. The molecular weight excluding hydrogens is 402 g/mol. The molecule has 148 valence electrons. The highest BCUT2D eigenvalue weighted by Crippen LogP contribution is 2.34. The van der Waals surface area contributed by atoms with Gasteiger partial charge in [0.2, 0.25) is 0 Å². The number of halogens is 1. The van der Waals surface area contributed by atoms with E-state index in [9.17, 15) is 0 Å². The molecule has 4 heterocycles. The van der Waals surface area contributed by atoms with Gasteiger partial charge in [-0.25, -0.2) is 0 Å². The fourth-order valence-electron chi connectivity index (χ4n) is 4.00. The average Bonchev–Trinajstić information content (AvgIpc) is 3.45. The van der Waals surface area contributed by atoms with Crippen molar-refractivity contribution in [3.05, 3.63) is 65.2 Å². The fraction of sp³-hybridized carbons (Fsp3) is 0.261. The number of thiophene rings is 1. The number of aromatic nitrogens is 2. The third-order valence-corrected chi connectivity index (χ3v) is 6.64. The maximum Gasteiger partial charge on any atom is 0.0892 e. The zero-order chi connectivity index (χ0) is 19.6. The summed E-state index contributed by atoms with van der Waals surface area (Å²) in [4.78, 5) is 10.2.